The number of carbonyl (C=O) groups is 2. The standard InChI is InChI=1S/C25H29N3O5/c1-24(2,3)15-20-27-21(28-33-20)16-8-7-9-17(14-16)22(29)31-19-12-10-18(11-13-19)26-23(30)32-25(4,5)6/h7-14H,15H2,1-6H3,(H,26,30). The number of aromatic nitrogens is 2. The third-order valence-electron chi connectivity index (χ3n) is 4.22. The van der Waals surface area contributed by atoms with Gasteiger partial charge in [0.2, 0.25) is 11.7 Å². The van der Waals surface area contributed by atoms with Crippen molar-refractivity contribution < 1.29 is 23.6 Å². The molecule has 0 atom stereocenters. The number of nitrogens with one attached hydrogen (secondary N) is 1. The first-order valence-electron chi connectivity index (χ1n) is 10.6. The molecule has 0 fully saturated rings. The van der Waals surface area contributed by atoms with E-state index in [-0.39, 0.29) is 5.41 Å². The molecule has 2 aromatic carbocycles. The Morgan fingerprint density at radius 2 is 1.70 bits per heavy atom. The van der Waals surface area contributed by atoms with Crippen molar-refractivity contribution in [3.63, 3.8) is 0 Å². The number of carbonyl (C=O) groups excluding carboxylic acids is 2. The molecule has 3 aromatic rings. The van der Waals surface area contributed by atoms with E-state index in [1.54, 1.807) is 69.3 Å². The third-order valence-corrected chi connectivity index (χ3v) is 4.22. The van der Waals surface area contributed by atoms with E-state index in [2.05, 4.69) is 36.2 Å². The van der Waals surface area contributed by atoms with Crippen molar-refractivity contribution in [3.8, 4) is 17.1 Å². The zero-order valence-electron chi connectivity index (χ0n) is 19.8. The van der Waals surface area contributed by atoms with Crippen molar-refractivity contribution in [2.75, 3.05) is 5.32 Å². The summed E-state index contributed by atoms with van der Waals surface area (Å²) < 4.78 is 16.0. The number of hydrogen-bond acceptors (Lipinski definition) is 7. The molecule has 33 heavy (non-hydrogen) atoms. The molecule has 0 aliphatic heterocycles. The van der Waals surface area contributed by atoms with Crippen molar-refractivity contribution in [3.05, 3.63) is 60.0 Å². The Morgan fingerprint density at radius 3 is 2.33 bits per heavy atom. The predicted molar refractivity (Wildman–Crippen MR) is 124 cm³/mol. The quantitative estimate of drug-likeness (QED) is 0.381. The number of ether oxygens (including phenoxy) is 2. The molecule has 1 amide bonds. The average Bonchev–Trinajstić information content (AvgIpc) is 3.15. The number of rotatable bonds is 5. The average molecular weight is 452 g/mol. The molecule has 174 valence electrons. The summed E-state index contributed by atoms with van der Waals surface area (Å²) in [5.74, 6) is 0.780. The highest BCUT2D eigenvalue weighted by atomic mass is 16.6. The molecule has 0 saturated heterocycles. The van der Waals surface area contributed by atoms with E-state index < -0.39 is 17.7 Å². The molecule has 0 bridgehead atoms. The van der Waals surface area contributed by atoms with E-state index in [1.165, 1.54) is 0 Å². The minimum atomic E-state index is -0.594. The maximum Gasteiger partial charge on any atom is 0.412 e. The van der Waals surface area contributed by atoms with Gasteiger partial charge < -0.3 is 14.0 Å². The molecule has 1 N–H and O–H groups in total. The fourth-order valence-corrected chi connectivity index (χ4v) is 2.88. The van der Waals surface area contributed by atoms with Crippen molar-refractivity contribution >= 4 is 17.7 Å². The Labute approximate surface area is 193 Å². The Kier molecular flexibility index (Phi) is 6.86. The lowest BCUT2D eigenvalue weighted by molar-refractivity contribution is 0.0634. The molecule has 0 saturated carbocycles. The summed E-state index contributed by atoms with van der Waals surface area (Å²) in [6, 6.07) is 13.3. The smallest absolute Gasteiger partial charge is 0.412 e. The first kappa shape index (κ1) is 24.0. The van der Waals surface area contributed by atoms with Crippen LogP contribution in [-0.2, 0) is 11.2 Å². The van der Waals surface area contributed by atoms with E-state index in [0.29, 0.717) is 40.7 Å². The molecular formula is C25H29N3O5. The van der Waals surface area contributed by atoms with Gasteiger partial charge in [-0.2, -0.15) is 4.98 Å². The zero-order valence-corrected chi connectivity index (χ0v) is 19.8. The summed E-state index contributed by atoms with van der Waals surface area (Å²) in [4.78, 5) is 28.9. The highest BCUT2D eigenvalue weighted by molar-refractivity contribution is 5.92. The van der Waals surface area contributed by atoms with Gasteiger partial charge in [-0.15, -0.1) is 0 Å². The van der Waals surface area contributed by atoms with Gasteiger partial charge in [-0.05, 0) is 62.6 Å². The van der Waals surface area contributed by atoms with Crippen LogP contribution in [0, 0.1) is 5.41 Å². The molecule has 0 aliphatic rings. The van der Waals surface area contributed by atoms with Crippen LogP contribution in [0.25, 0.3) is 11.4 Å². The van der Waals surface area contributed by atoms with Crippen LogP contribution in [-0.4, -0.2) is 27.8 Å². The SMILES string of the molecule is CC(C)(C)Cc1nc(-c2cccc(C(=O)Oc3ccc(NC(=O)OC(C)(C)C)cc3)c2)no1. The summed E-state index contributed by atoms with van der Waals surface area (Å²) in [5, 5.41) is 6.66. The zero-order chi connectivity index (χ0) is 24.2. The van der Waals surface area contributed by atoms with Gasteiger partial charge in [0.1, 0.15) is 11.4 Å². The number of esters is 1. The van der Waals surface area contributed by atoms with E-state index >= 15 is 0 Å². The molecule has 1 aromatic heterocycles. The van der Waals surface area contributed by atoms with Gasteiger partial charge in [-0.1, -0.05) is 38.1 Å². The van der Waals surface area contributed by atoms with E-state index in [9.17, 15) is 9.59 Å². The van der Waals surface area contributed by atoms with Crippen LogP contribution in [0.4, 0.5) is 10.5 Å². The Hall–Kier alpha value is -3.68. The monoisotopic (exact) mass is 451 g/mol. The van der Waals surface area contributed by atoms with Crippen molar-refractivity contribution in [1.29, 1.82) is 0 Å². The fraction of sp³-hybridized carbons (Fsp3) is 0.360. The topological polar surface area (TPSA) is 104 Å². The summed E-state index contributed by atoms with van der Waals surface area (Å²) in [6.45, 7) is 11.6. The summed E-state index contributed by atoms with van der Waals surface area (Å²) in [7, 11) is 0. The lowest BCUT2D eigenvalue weighted by atomic mass is 9.92. The molecule has 8 nitrogen and oxygen atoms in total. The number of amides is 1. The van der Waals surface area contributed by atoms with Gasteiger partial charge in [0.15, 0.2) is 0 Å². The maximum absolute atomic E-state index is 12.6. The van der Waals surface area contributed by atoms with Gasteiger partial charge in [0, 0.05) is 17.7 Å². The highest BCUT2D eigenvalue weighted by Crippen LogP contribution is 2.24. The van der Waals surface area contributed by atoms with Gasteiger partial charge in [0.05, 0.1) is 5.56 Å². The number of nitrogens with zero attached hydrogens (tertiary/aromatic N) is 2. The van der Waals surface area contributed by atoms with E-state index in [4.69, 9.17) is 14.0 Å². The molecular weight excluding hydrogens is 422 g/mol. The van der Waals surface area contributed by atoms with Crippen LogP contribution in [0.2, 0.25) is 0 Å². The van der Waals surface area contributed by atoms with Crippen molar-refractivity contribution in [2.24, 2.45) is 5.41 Å². The summed E-state index contributed by atoms with van der Waals surface area (Å²) >= 11 is 0. The lowest BCUT2D eigenvalue weighted by Gasteiger charge is -2.19. The van der Waals surface area contributed by atoms with Crippen LogP contribution < -0.4 is 10.1 Å². The van der Waals surface area contributed by atoms with Gasteiger partial charge in [0.25, 0.3) is 0 Å². The highest BCUT2D eigenvalue weighted by Gasteiger charge is 2.19. The minimum Gasteiger partial charge on any atom is -0.444 e. The predicted octanol–water partition coefficient (Wildman–Crippen LogP) is 5.89. The van der Waals surface area contributed by atoms with Crippen LogP contribution in [0.5, 0.6) is 5.75 Å². The van der Waals surface area contributed by atoms with Gasteiger partial charge in [-0.3, -0.25) is 5.32 Å². The second-order valence-corrected chi connectivity index (χ2v) is 9.87. The lowest BCUT2D eigenvalue weighted by Crippen LogP contribution is -2.27. The van der Waals surface area contributed by atoms with Gasteiger partial charge in [-0.25, -0.2) is 9.59 Å². The Balaban J connectivity index is 1.65. The normalized spacial score (nSPS) is 11.7. The van der Waals surface area contributed by atoms with E-state index in [1.807, 2.05) is 0 Å². The summed E-state index contributed by atoms with van der Waals surface area (Å²) in [6.07, 6.45) is 0.0942. The molecule has 3 rings (SSSR count). The number of hydrogen-bond donors (Lipinski definition) is 1. The fourth-order valence-electron chi connectivity index (χ4n) is 2.88. The molecule has 0 radical (unpaired) electrons. The Morgan fingerprint density at radius 1 is 1.00 bits per heavy atom. The number of benzene rings is 2. The van der Waals surface area contributed by atoms with E-state index in [0.717, 1.165) is 0 Å². The largest absolute Gasteiger partial charge is 0.444 e. The van der Waals surface area contributed by atoms with Crippen LogP contribution in [0.15, 0.2) is 53.1 Å². The van der Waals surface area contributed by atoms with Crippen LogP contribution in [0.3, 0.4) is 0 Å². The van der Waals surface area contributed by atoms with Crippen molar-refractivity contribution in [1.82, 2.24) is 10.1 Å². The molecule has 1 heterocycles. The minimum absolute atomic E-state index is 0.0213. The van der Waals surface area contributed by atoms with Crippen LogP contribution >= 0.6 is 0 Å². The first-order valence-corrected chi connectivity index (χ1v) is 10.6. The first-order chi connectivity index (χ1) is 15.4. The van der Waals surface area contributed by atoms with Crippen molar-refractivity contribution in [2.45, 2.75) is 53.6 Å². The number of anilines is 1. The second-order valence-electron chi connectivity index (χ2n) is 9.87. The Bertz CT molecular complexity index is 1120. The molecule has 0 unspecified atom stereocenters. The molecule has 0 spiro atoms. The van der Waals surface area contributed by atoms with Gasteiger partial charge >= 0.3 is 12.1 Å². The molecule has 8 heteroatoms. The summed E-state index contributed by atoms with van der Waals surface area (Å²) in [5.41, 5.74) is 0.960. The van der Waals surface area contributed by atoms with Crippen LogP contribution in [0.1, 0.15) is 57.8 Å². The second kappa shape index (κ2) is 9.44. The third kappa shape index (κ3) is 7.45. The molecule has 0 aliphatic carbocycles. The maximum atomic E-state index is 12.6.